The Morgan fingerprint density at radius 1 is 1.44 bits per heavy atom. The number of piperazine rings is 1. The van der Waals surface area contributed by atoms with E-state index in [2.05, 4.69) is 15.2 Å². The first kappa shape index (κ1) is 10.9. The number of aromatic nitrogens is 1. The number of aryl methyl sites for hydroxylation is 1. The summed E-state index contributed by atoms with van der Waals surface area (Å²) in [7, 11) is 0. The minimum atomic E-state index is -0.401. The summed E-state index contributed by atoms with van der Waals surface area (Å²) in [6.45, 7) is 5.59. The molecule has 3 N–H and O–H groups in total. The highest BCUT2D eigenvalue weighted by Gasteiger charge is 2.13. The molecule has 1 aliphatic rings. The van der Waals surface area contributed by atoms with Gasteiger partial charge in [-0.2, -0.15) is 0 Å². The van der Waals surface area contributed by atoms with Crippen molar-refractivity contribution in [1.82, 2.24) is 10.3 Å². The zero-order chi connectivity index (χ0) is 11.5. The summed E-state index contributed by atoms with van der Waals surface area (Å²) in [5, 5.41) is 3.28. The molecule has 0 aliphatic carbocycles. The van der Waals surface area contributed by atoms with E-state index in [0.29, 0.717) is 5.56 Å². The number of carbonyl (C=O) groups excluding carboxylic acids is 1. The van der Waals surface area contributed by atoms with Gasteiger partial charge >= 0.3 is 0 Å². The molecule has 86 valence electrons. The third kappa shape index (κ3) is 2.30. The first-order valence-electron chi connectivity index (χ1n) is 5.41. The summed E-state index contributed by atoms with van der Waals surface area (Å²) < 4.78 is 0. The van der Waals surface area contributed by atoms with E-state index in [1.165, 1.54) is 0 Å². The lowest BCUT2D eigenvalue weighted by molar-refractivity contribution is 0.1000. The van der Waals surface area contributed by atoms with E-state index in [1.807, 2.05) is 6.92 Å². The lowest BCUT2D eigenvalue weighted by Gasteiger charge is -2.28. The van der Waals surface area contributed by atoms with Gasteiger partial charge in [-0.1, -0.05) is 0 Å². The van der Waals surface area contributed by atoms with E-state index >= 15 is 0 Å². The Morgan fingerprint density at radius 2 is 2.12 bits per heavy atom. The van der Waals surface area contributed by atoms with Crippen LogP contribution in [0.5, 0.6) is 0 Å². The number of rotatable bonds is 2. The highest BCUT2D eigenvalue weighted by Crippen LogP contribution is 2.15. The van der Waals surface area contributed by atoms with Crippen LogP contribution in [0.4, 0.5) is 5.82 Å². The molecule has 1 aromatic rings. The van der Waals surface area contributed by atoms with Crippen LogP contribution in [0.1, 0.15) is 16.1 Å². The summed E-state index contributed by atoms with van der Waals surface area (Å²) in [5.41, 5.74) is 6.64. The second-order valence-corrected chi connectivity index (χ2v) is 3.96. The van der Waals surface area contributed by atoms with Crippen molar-refractivity contribution in [2.45, 2.75) is 6.92 Å². The van der Waals surface area contributed by atoms with Crippen molar-refractivity contribution < 1.29 is 4.79 Å². The summed E-state index contributed by atoms with van der Waals surface area (Å²) in [6.07, 6.45) is 0. The fourth-order valence-corrected chi connectivity index (χ4v) is 1.85. The fraction of sp³-hybridized carbons (Fsp3) is 0.455. The van der Waals surface area contributed by atoms with Gasteiger partial charge < -0.3 is 16.0 Å². The molecular formula is C11H16N4O. The SMILES string of the molecule is Cc1cc(C(N)=O)cc(N2CCNCC2)n1. The van der Waals surface area contributed by atoms with E-state index in [0.717, 1.165) is 37.7 Å². The minimum absolute atomic E-state index is 0.401. The van der Waals surface area contributed by atoms with E-state index in [-0.39, 0.29) is 0 Å². The molecule has 16 heavy (non-hydrogen) atoms. The molecule has 1 aliphatic heterocycles. The summed E-state index contributed by atoms with van der Waals surface area (Å²) in [6, 6.07) is 3.48. The molecule has 1 aromatic heterocycles. The normalized spacial score (nSPS) is 16.2. The summed E-state index contributed by atoms with van der Waals surface area (Å²) >= 11 is 0. The maximum Gasteiger partial charge on any atom is 0.248 e. The predicted octanol–water partition coefficient (Wildman–Crippen LogP) is -0.101. The molecule has 2 heterocycles. The fourth-order valence-electron chi connectivity index (χ4n) is 1.85. The number of amides is 1. The maximum atomic E-state index is 11.2. The molecule has 0 bridgehead atoms. The minimum Gasteiger partial charge on any atom is -0.366 e. The third-order valence-corrected chi connectivity index (χ3v) is 2.67. The van der Waals surface area contributed by atoms with Gasteiger partial charge in [0.05, 0.1) is 0 Å². The number of hydrogen-bond acceptors (Lipinski definition) is 4. The van der Waals surface area contributed by atoms with Crippen molar-refractivity contribution in [2.24, 2.45) is 5.73 Å². The number of hydrogen-bond donors (Lipinski definition) is 2. The van der Waals surface area contributed by atoms with Crippen LogP contribution in [0.15, 0.2) is 12.1 Å². The van der Waals surface area contributed by atoms with Gasteiger partial charge in [0.25, 0.3) is 0 Å². The van der Waals surface area contributed by atoms with Crippen molar-refractivity contribution in [3.63, 3.8) is 0 Å². The number of pyridine rings is 1. The molecule has 0 atom stereocenters. The lowest BCUT2D eigenvalue weighted by atomic mass is 10.2. The molecule has 5 heteroatoms. The van der Waals surface area contributed by atoms with Crippen molar-refractivity contribution >= 4 is 11.7 Å². The molecule has 0 spiro atoms. The van der Waals surface area contributed by atoms with E-state index in [1.54, 1.807) is 12.1 Å². The Labute approximate surface area is 94.6 Å². The zero-order valence-electron chi connectivity index (χ0n) is 9.36. The number of anilines is 1. The van der Waals surface area contributed by atoms with Gasteiger partial charge in [-0.05, 0) is 19.1 Å². The average Bonchev–Trinajstić information content (AvgIpc) is 2.29. The van der Waals surface area contributed by atoms with E-state index in [4.69, 9.17) is 5.73 Å². The smallest absolute Gasteiger partial charge is 0.248 e. The molecule has 1 saturated heterocycles. The molecule has 0 unspecified atom stereocenters. The van der Waals surface area contributed by atoms with Crippen LogP contribution in [-0.4, -0.2) is 37.1 Å². The lowest BCUT2D eigenvalue weighted by Crippen LogP contribution is -2.44. The number of primary amides is 1. The van der Waals surface area contributed by atoms with Crippen LogP contribution < -0.4 is 16.0 Å². The topological polar surface area (TPSA) is 71.2 Å². The van der Waals surface area contributed by atoms with Crippen LogP contribution in [0.25, 0.3) is 0 Å². The van der Waals surface area contributed by atoms with Crippen molar-refractivity contribution in [3.05, 3.63) is 23.4 Å². The Hall–Kier alpha value is -1.62. The van der Waals surface area contributed by atoms with Crippen molar-refractivity contribution in [1.29, 1.82) is 0 Å². The Balaban J connectivity index is 2.28. The summed E-state index contributed by atoms with van der Waals surface area (Å²) in [5.74, 6) is 0.442. The van der Waals surface area contributed by atoms with Crippen molar-refractivity contribution in [2.75, 3.05) is 31.1 Å². The molecule has 5 nitrogen and oxygen atoms in total. The molecule has 2 rings (SSSR count). The van der Waals surface area contributed by atoms with Gasteiger partial charge in [-0.25, -0.2) is 4.98 Å². The molecule has 0 aromatic carbocycles. The van der Waals surface area contributed by atoms with Gasteiger partial charge in [-0.15, -0.1) is 0 Å². The van der Waals surface area contributed by atoms with Gasteiger partial charge in [0.2, 0.25) is 5.91 Å². The van der Waals surface area contributed by atoms with E-state index < -0.39 is 5.91 Å². The van der Waals surface area contributed by atoms with Crippen LogP contribution in [-0.2, 0) is 0 Å². The largest absolute Gasteiger partial charge is 0.366 e. The number of nitrogens with zero attached hydrogens (tertiary/aromatic N) is 2. The predicted molar refractivity (Wildman–Crippen MR) is 62.6 cm³/mol. The number of nitrogens with one attached hydrogen (secondary N) is 1. The van der Waals surface area contributed by atoms with Gasteiger partial charge in [-0.3, -0.25) is 4.79 Å². The third-order valence-electron chi connectivity index (χ3n) is 2.67. The number of nitrogens with two attached hydrogens (primary N) is 1. The first-order valence-corrected chi connectivity index (χ1v) is 5.41. The molecule has 1 amide bonds. The van der Waals surface area contributed by atoms with Crippen LogP contribution in [0, 0.1) is 6.92 Å². The average molecular weight is 220 g/mol. The van der Waals surface area contributed by atoms with Gasteiger partial charge in [0.1, 0.15) is 5.82 Å². The standard InChI is InChI=1S/C11H16N4O/c1-8-6-9(11(12)16)7-10(14-8)15-4-2-13-3-5-15/h6-7,13H,2-5H2,1H3,(H2,12,16). The maximum absolute atomic E-state index is 11.2. The van der Waals surface area contributed by atoms with Gasteiger partial charge in [0.15, 0.2) is 0 Å². The Morgan fingerprint density at radius 3 is 2.75 bits per heavy atom. The molecule has 0 saturated carbocycles. The quantitative estimate of drug-likeness (QED) is 0.730. The zero-order valence-corrected chi connectivity index (χ0v) is 9.36. The Bertz CT molecular complexity index is 399. The molecule has 1 fully saturated rings. The van der Waals surface area contributed by atoms with Crippen LogP contribution in [0.3, 0.4) is 0 Å². The van der Waals surface area contributed by atoms with Crippen LogP contribution >= 0.6 is 0 Å². The molecular weight excluding hydrogens is 204 g/mol. The molecule has 0 radical (unpaired) electrons. The summed E-state index contributed by atoms with van der Waals surface area (Å²) in [4.78, 5) is 17.7. The monoisotopic (exact) mass is 220 g/mol. The highest BCUT2D eigenvalue weighted by atomic mass is 16.1. The van der Waals surface area contributed by atoms with Gasteiger partial charge in [0, 0.05) is 37.4 Å². The Kier molecular flexibility index (Phi) is 3.05. The highest BCUT2D eigenvalue weighted by molar-refractivity contribution is 5.93. The van der Waals surface area contributed by atoms with E-state index in [9.17, 15) is 4.79 Å². The second-order valence-electron chi connectivity index (χ2n) is 3.96. The second kappa shape index (κ2) is 4.49. The first-order chi connectivity index (χ1) is 7.66. The van der Waals surface area contributed by atoms with Crippen LogP contribution in [0.2, 0.25) is 0 Å². The number of carbonyl (C=O) groups is 1. The van der Waals surface area contributed by atoms with Crippen molar-refractivity contribution in [3.8, 4) is 0 Å².